The topological polar surface area (TPSA) is 285 Å². The quantitative estimate of drug-likeness (QED) is 0.0651. The fraction of sp³-hybridized carbons (Fsp3) is 0.321. The number of hydrogen-bond acceptors (Lipinski definition) is 20. The van der Waals surface area contributed by atoms with Crippen molar-refractivity contribution in [2.75, 3.05) is 33.7 Å². The Balaban J connectivity index is 0.000000296. The molecule has 0 aliphatic carbocycles. The summed E-state index contributed by atoms with van der Waals surface area (Å²) in [6.07, 6.45) is 7.68. The van der Waals surface area contributed by atoms with E-state index in [-0.39, 0.29) is 80.9 Å². The summed E-state index contributed by atoms with van der Waals surface area (Å²) in [5, 5.41) is 0.761. The molecular formula is C56H61BrMgN6O15S. The molecule has 8 aromatic rings. The Hall–Kier alpha value is -7.38. The molecule has 0 bridgehead atoms. The van der Waals surface area contributed by atoms with E-state index in [2.05, 4.69) is 49.1 Å². The van der Waals surface area contributed by atoms with Crippen LogP contribution in [0.25, 0.3) is 38.9 Å². The van der Waals surface area contributed by atoms with Crippen LogP contribution in [0.15, 0.2) is 117 Å². The standard InChI is InChI=1S/C20H20N2O4.C18H18N2O6S.C11H10N2O4.C4H8O.C3H5.BrH.Mg/c1-5-14-10-16(23)26-20-17(14)19(21-18(22-20)12(2)3)25-11-13-6-8-15(24-4)9-7-13;1-4-12-9-14(21)26-17-15(12)16(19-18(20-17)27(3,22)23)25-10-11-5-7-13(24-2)8-6-11;1-3-6-4-7(15)17-11-8(6)10(16)12-9(13-11)5(2)14;1-2-4-5-3-1;1-3-2;;/h6-10H,2,5,11H2,1,3-4H3;5-9H,4,10H2,1-3H3;4H,3H2,1-2H3,(H,12,13,16);1-4H2;1H2,2H3;1H;/q;;;;-1;;+2/p-1. The molecule has 0 saturated carbocycles. The second kappa shape index (κ2) is 32.0. The molecule has 1 fully saturated rings. The second-order valence-corrected chi connectivity index (χ2v) is 18.9. The molecule has 1 saturated heterocycles. The third-order valence-corrected chi connectivity index (χ3v) is 11.9. The van der Waals surface area contributed by atoms with Gasteiger partial charge in [0.15, 0.2) is 17.4 Å². The Kier molecular flexibility index (Phi) is 26.8. The van der Waals surface area contributed by atoms with E-state index in [0.29, 0.717) is 70.8 Å². The first kappa shape index (κ1) is 66.9. The molecule has 24 heteroatoms. The summed E-state index contributed by atoms with van der Waals surface area (Å²) in [7, 11) is -0.525. The molecule has 0 amide bonds. The maximum Gasteiger partial charge on any atom is 2.00 e. The molecule has 21 nitrogen and oxygen atoms in total. The third-order valence-electron chi connectivity index (χ3n) is 11.1. The molecule has 420 valence electrons. The zero-order valence-corrected chi connectivity index (χ0v) is 49.8. The first-order chi connectivity index (χ1) is 37.3. The number of carbonyl (C=O) groups is 1. The number of aromatic amines is 1. The van der Waals surface area contributed by atoms with Crippen LogP contribution in [0.4, 0.5) is 0 Å². The van der Waals surface area contributed by atoms with Gasteiger partial charge in [0.05, 0.1) is 14.2 Å². The van der Waals surface area contributed by atoms with Crippen molar-refractivity contribution in [1.82, 2.24) is 29.9 Å². The number of ketones is 1. The van der Waals surface area contributed by atoms with Gasteiger partial charge in [-0.05, 0) is 96.7 Å². The van der Waals surface area contributed by atoms with Crippen LogP contribution in [0, 0.1) is 6.08 Å². The zero-order chi connectivity index (χ0) is 57.1. The number of hydrogen-bond donors (Lipinski definition) is 1. The minimum atomic E-state index is -3.72. The number of methoxy groups -OCH3 is 2. The molecule has 9 rings (SSSR count). The van der Waals surface area contributed by atoms with E-state index in [4.69, 9.17) is 36.9 Å². The number of nitrogens with zero attached hydrogens (tertiary/aromatic N) is 5. The van der Waals surface area contributed by atoms with Crippen molar-refractivity contribution in [2.45, 2.75) is 92.0 Å². The normalized spacial score (nSPS) is 11.3. The number of fused-ring (bicyclic) bond motifs is 3. The minimum absolute atomic E-state index is 0. The number of H-pyrrole nitrogens is 1. The van der Waals surface area contributed by atoms with E-state index in [1.54, 1.807) is 40.2 Å². The first-order valence-corrected chi connectivity index (χ1v) is 26.3. The summed E-state index contributed by atoms with van der Waals surface area (Å²) in [6, 6.07) is 18.8. The maximum absolute atomic E-state index is 11.9. The van der Waals surface area contributed by atoms with E-state index in [9.17, 15) is 32.4 Å². The monoisotopic (exact) mass is 1190 g/mol. The van der Waals surface area contributed by atoms with Gasteiger partial charge in [0.1, 0.15) is 40.9 Å². The number of allylic oxidation sites excluding steroid dienone is 2. The molecular weight excluding hydrogens is 1130 g/mol. The van der Waals surface area contributed by atoms with Crippen LogP contribution in [0.5, 0.6) is 23.3 Å². The van der Waals surface area contributed by atoms with Crippen LogP contribution in [-0.2, 0) is 47.1 Å². The van der Waals surface area contributed by atoms with Crippen molar-refractivity contribution < 1.29 is 67.1 Å². The number of nitrogens with one attached hydrogen (secondary N) is 1. The molecule has 80 heavy (non-hydrogen) atoms. The van der Waals surface area contributed by atoms with Crippen LogP contribution >= 0.6 is 0 Å². The fourth-order valence-corrected chi connectivity index (χ4v) is 7.67. The SMILES string of the molecule is C1CCOC1.C=C(C)c1nc(OCc2ccc(OC)cc2)c2c(CC)cc(=O)oc2n1.C=[C-]C.CCc1cc(=O)oc2nc(C(C)=O)[nH]c(=O)c12.CCc1cc(=O)oc2nc(S(C)(=O)=O)nc(OCc3ccc(OC)cc3)c12.[Br-].[Mg+2]. The summed E-state index contributed by atoms with van der Waals surface area (Å²) >= 11 is 0. The van der Waals surface area contributed by atoms with Gasteiger partial charge in [0, 0.05) is 44.6 Å². The van der Waals surface area contributed by atoms with Gasteiger partial charge in [-0.15, -0.1) is 0 Å². The van der Waals surface area contributed by atoms with Gasteiger partial charge in [0.25, 0.3) is 10.7 Å². The molecule has 1 aliphatic rings. The summed E-state index contributed by atoms with van der Waals surface area (Å²) in [6.45, 7) is 20.0. The summed E-state index contributed by atoms with van der Waals surface area (Å²) < 4.78 is 66.0. The van der Waals surface area contributed by atoms with Gasteiger partial charge in [0.2, 0.25) is 38.7 Å². The van der Waals surface area contributed by atoms with Gasteiger partial charge in [-0.3, -0.25) is 16.2 Å². The van der Waals surface area contributed by atoms with Gasteiger partial charge >= 0.3 is 39.9 Å². The molecule has 1 aliphatic heterocycles. The number of rotatable bonds is 14. The predicted octanol–water partition coefficient (Wildman–Crippen LogP) is 4.96. The number of Topliss-reactive ketones (excluding diaryl/α,β-unsaturated/α-hetero) is 1. The Morgan fingerprint density at radius 2 is 1.06 bits per heavy atom. The van der Waals surface area contributed by atoms with Gasteiger partial charge in [-0.25, -0.2) is 22.8 Å². The molecule has 1 N–H and O–H groups in total. The first-order valence-electron chi connectivity index (χ1n) is 24.4. The Morgan fingerprint density at radius 3 is 1.43 bits per heavy atom. The summed E-state index contributed by atoms with van der Waals surface area (Å²) in [5.74, 6) is 1.80. The van der Waals surface area contributed by atoms with Crippen molar-refractivity contribution in [2.24, 2.45) is 0 Å². The van der Waals surface area contributed by atoms with E-state index >= 15 is 0 Å². The molecule has 7 heterocycles. The van der Waals surface area contributed by atoms with Crippen LogP contribution in [0.1, 0.15) is 98.6 Å². The van der Waals surface area contributed by atoms with Crippen molar-refractivity contribution in [1.29, 1.82) is 0 Å². The maximum atomic E-state index is 11.9. The van der Waals surface area contributed by atoms with E-state index in [0.717, 1.165) is 41.9 Å². The van der Waals surface area contributed by atoms with Crippen LogP contribution in [0.3, 0.4) is 0 Å². The van der Waals surface area contributed by atoms with E-state index in [1.165, 1.54) is 38.0 Å². The van der Waals surface area contributed by atoms with Crippen LogP contribution < -0.4 is 58.4 Å². The Bertz CT molecular complexity index is 3760. The molecule has 0 spiro atoms. The number of benzene rings is 2. The van der Waals surface area contributed by atoms with E-state index in [1.807, 2.05) is 57.2 Å². The fourth-order valence-electron chi connectivity index (χ4n) is 7.17. The number of ether oxygens (including phenoxy) is 5. The van der Waals surface area contributed by atoms with Gasteiger partial charge < -0.3 is 65.0 Å². The van der Waals surface area contributed by atoms with E-state index < -0.39 is 43.2 Å². The molecule has 0 unspecified atom stereocenters. The van der Waals surface area contributed by atoms with Gasteiger partial charge in [-0.2, -0.15) is 31.8 Å². The number of aryl methyl sites for hydroxylation is 3. The Labute approximate surface area is 487 Å². The van der Waals surface area contributed by atoms with Crippen molar-refractivity contribution in [3.8, 4) is 23.3 Å². The molecule has 2 aromatic carbocycles. The smallest absolute Gasteiger partial charge is 1.00 e. The van der Waals surface area contributed by atoms with Crippen molar-refractivity contribution >= 4 is 77.5 Å². The summed E-state index contributed by atoms with van der Waals surface area (Å²) in [4.78, 5) is 80.6. The number of aromatic nitrogens is 6. The summed E-state index contributed by atoms with van der Waals surface area (Å²) in [5.41, 5.74) is 2.31. The number of sulfone groups is 1. The molecule has 0 radical (unpaired) electrons. The van der Waals surface area contributed by atoms with Gasteiger partial charge in [-0.1, -0.05) is 51.6 Å². The average Bonchev–Trinajstić information content (AvgIpc) is 4.15. The zero-order valence-electron chi connectivity index (χ0n) is 46.0. The predicted molar refractivity (Wildman–Crippen MR) is 298 cm³/mol. The van der Waals surface area contributed by atoms with Crippen LogP contribution in [-0.4, -0.2) is 101 Å². The number of carbonyl (C=O) groups excluding carboxylic acids is 1. The van der Waals surface area contributed by atoms with Crippen molar-refractivity contribution in [3.05, 3.63) is 167 Å². The third kappa shape index (κ3) is 18.6. The minimum Gasteiger partial charge on any atom is -1.00 e. The molecule has 6 aromatic heterocycles. The van der Waals surface area contributed by atoms with Crippen LogP contribution in [0.2, 0.25) is 0 Å². The Morgan fingerprint density at radius 1 is 0.662 bits per heavy atom. The van der Waals surface area contributed by atoms with Crippen molar-refractivity contribution in [3.63, 3.8) is 0 Å². The molecule has 0 atom stereocenters. The second-order valence-electron chi connectivity index (χ2n) is 17.0. The number of halogens is 1. The average molecular weight is 1190 g/mol. The largest absolute Gasteiger partial charge is 2.00 e.